The van der Waals surface area contributed by atoms with Crippen LogP contribution in [0.3, 0.4) is 0 Å². The van der Waals surface area contributed by atoms with Crippen molar-refractivity contribution < 1.29 is 9.53 Å². The van der Waals surface area contributed by atoms with Gasteiger partial charge in [-0.15, -0.1) is 0 Å². The molecule has 0 radical (unpaired) electrons. The predicted octanol–water partition coefficient (Wildman–Crippen LogP) is 0.750. The van der Waals surface area contributed by atoms with E-state index < -0.39 is 0 Å². The zero-order chi connectivity index (χ0) is 11.7. The van der Waals surface area contributed by atoms with E-state index >= 15 is 0 Å². The molecule has 2 rings (SSSR count). The smallest absolute Gasteiger partial charge is 0.251 e. The summed E-state index contributed by atoms with van der Waals surface area (Å²) in [5.41, 5.74) is 5.87. The second kappa shape index (κ2) is 4.72. The number of carbonyl (C=O) groups excluding carboxylic acids is 1. The molecule has 0 aromatic rings. The van der Waals surface area contributed by atoms with E-state index in [2.05, 4.69) is 0 Å². The Morgan fingerprint density at radius 1 is 1.44 bits per heavy atom. The highest BCUT2D eigenvalue weighted by Crippen LogP contribution is 2.25. The largest absolute Gasteiger partial charge is 0.365 e. The molecule has 1 amide bonds. The number of likely N-dealkylation sites (tertiary alicyclic amines) is 1. The van der Waals surface area contributed by atoms with Crippen molar-refractivity contribution in [2.75, 3.05) is 13.1 Å². The quantitative estimate of drug-likeness (QED) is 0.756. The molecular weight excluding hydrogens is 204 g/mol. The van der Waals surface area contributed by atoms with E-state index in [4.69, 9.17) is 10.5 Å². The summed E-state index contributed by atoms with van der Waals surface area (Å²) in [6.45, 7) is 5.71. The highest BCUT2D eigenvalue weighted by molar-refractivity contribution is 5.81. The molecule has 2 N–H and O–H groups in total. The number of hydrogen-bond donors (Lipinski definition) is 1. The van der Waals surface area contributed by atoms with Crippen LogP contribution in [0.1, 0.15) is 33.1 Å². The van der Waals surface area contributed by atoms with Gasteiger partial charge in [-0.1, -0.05) is 0 Å². The molecule has 0 aliphatic carbocycles. The van der Waals surface area contributed by atoms with Crippen molar-refractivity contribution in [3.63, 3.8) is 0 Å². The Labute approximate surface area is 97.1 Å². The summed E-state index contributed by atoms with van der Waals surface area (Å²) in [7, 11) is 0. The zero-order valence-corrected chi connectivity index (χ0v) is 10.2. The van der Waals surface area contributed by atoms with Crippen LogP contribution in [0.2, 0.25) is 0 Å². The predicted molar refractivity (Wildman–Crippen MR) is 61.9 cm³/mol. The second-order valence-corrected chi connectivity index (χ2v) is 5.20. The maximum atomic E-state index is 12.1. The lowest BCUT2D eigenvalue weighted by Crippen LogP contribution is -2.39. The number of nitrogens with two attached hydrogens (primary N) is 1. The second-order valence-electron chi connectivity index (χ2n) is 5.20. The molecule has 0 aromatic heterocycles. The molecule has 0 spiro atoms. The third-order valence-corrected chi connectivity index (χ3v) is 3.79. The van der Waals surface area contributed by atoms with E-state index in [1.807, 2.05) is 18.7 Å². The summed E-state index contributed by atoms with van der Waals surface area (Å²) in [4.78, 5) is 14.0. The number of nitrogens with zero attached hydrogens (tertiary/aromatic N) is 1. The van der Waals surface area contributed by atoms with Crippen molar-refractivity contribution in [3.8, 4) is 0 Å². The van der Waals surface area contributed by atoms with E-state index in [0.717, 1.165) is 32.4 Å². The van der Waals surface area contributed by atoms with Gasteiger partial charge in [0.2, 0.25) is 0 Å². The lowest BCUT2D eigenvalue weighted by atomic mass is 10.0. The molecule has 0 bridgehead atoms. The van der Waals surface area contributed by atoms with E-state index in [0.29, 0.717) is 5.92 Å². The van der Waals surface area contributed by atoms with Crippen LogP contribution >= 0.6 is 0 Å². The first kappa shape index (κ1) is 11.9. The monoisotopic (exact) mass is 226 g/mol. The molecule has 2 saturated heterocycles. The molecule has 0 aromatic carbocycles. The SMILES string of the molecule is CC1CCC(C(=O)N2CCC(C(C)N)C2)O1. The fourth-order valence-corrected chi connectivity index (χ4v) is 2.60. The lowest BCUT2D eigenvalue weighted by Gasteiger charge is -2.21. The summed E-state index contributed by atoms with van der Waals surface area (Å²) in [5, 5.41) is 0. The van der Waals surface area contributed by atoms with E-state index in [9.17, 15) is 4.79 Å². The Morgan fingerprint density at radius 3 is 2.69 bits per heavy atom. The summed E-state index contributed by atoms with van der Waals surface area (Å²) >= 11 is 0. The van der Waals surface area contributed by atoms with Crippen LogP contribution in [0.5, 0.6) is 0 Å². The van der Waals surface area contributed by atoms with Crippen LogP contribution in [0.15, 0.2) is 0 Å². The molecule has 2 fully saturated rings. The van der Waals surface area contributed by atoms with Gasteiger partial charge in [0, 0.05) is 19.1 Å². The molecule has 4 unspecified atom stereocenters. The maximum Gasteiger partial charge on any atom is 0.251 e. The van der Waals surface area contributed by atoms with Gasteiger partial charge in [-0.25, -0.2) is 0 Å². The standard InChI is InChI=1S/C12H22N2O2/c1-8-3-4-11(16-8)12(15)14-6-5-10(7-14)9(2)13/h8-11H,3-7,13H2,1-2H3. The third-order valence-electron chi connectivity index (χ3n) is 3.79. The van der Waals surface area contributed by atoms with Crippen molar-refractivity contribution in [2.24, 2.45) is 11.7 Å². The summed E-state index contributed by atoms with van der Waals surface area (Å²) in [6.07, 6.45) is 2.95. The molecule has 16 heavy (non-hydrogen) atoms. The van der Waals surface area contributed by atoms with Crippen molar-refractivity contribution in [1.82, 2.24) is 4.90 Å². The highest BCUT2D eigenvalue weighted by atomic mass is 16.5. The molecule has 2 heterocycles. The van der Waals surface area contributed by atoms with E-state index in [-0.39, 0.29) is 24.2 Å². The van der Waals surface area contributed by atoms with Gasteiger partial charge in [0.05, 0.1) is 6.10 Å². The number of hydrogen-bond acceptors (Lipinski definition) is 3. The van der Waals surface area contributed by atoms with Gasteiger partial charge in [0.25, 0.3) is 5.91 Å². The Balaban J connectivity index is 1.87. The molecular formula is C12H22N2O2. The minimum Gasteiger partial charge on any atom is -0.365 e. The average Bonchev–Trinajstić information content (AvgIpc) is 2.84. The molecule has 2 aliphatic rings. The normalized spacial score (nSPS) is 36.7. The van der Waals surface area contributed by atoms with Gasteiger partial charge in [-0.2, -0.15) is 0 Å². The van der Waals surface area contributed by atoms with Crippen LogP contribution in [0.4, 0.5) is 0 Å². The van der Waals surface area contributed by atoms with Gasteiger partial charge < -0.3 is 15.4 Å². The molecule has 0 saturated carbocycles. The highest BCUT2D eigenvalue weighted by Gasteiger charge is 2.35. The summed E-state index contributed by atoms with van der Waals surface area (Å²) in [6, 6.07) is 0.182. The van der Waals surface area contributed by atoms with Crippen LogP contribution in [0, 0.1) is 5.92 Å². The van der Waals surface area contributed by atoms with E-state index in [1.165, 1.54) is 0 Å². The minimum atomic E-state index is -0.193. The molecule has 4 heteroatoms. The van der Waals surface area contributed by atoms with Crippen LogP contribution < -0.4 is 5.73 Å². The van der Waals surface area contributed by atoms with Crippen LogP contribution in [0.25, 0.3) is 0 Å². The van der Waals surface area contributed by atoms with Gasteiger partial charge >= 0.3 is 0 Å². The van der Waals surface area contributed by atoms with Gasteiger partial charge in [0.15, 0.2) is 0 Å². The molecule has 2 aliphatic heterocycles. The molecule has 92 valence electrons. The van der Waals surface area contributed by atoms with Crippen molar-refractivity contribution in [1.29, 1.82) is 0 Å². The lowest BCUT2D eigenvalue weighted by molar-refractivity contribution is -0.141. The minimum absolute atomic E-state index is 0.174. The summed E-state index contributed by atoms with van der Waals surface area (Å²) < 4.78 is 5.61. The van der Waals surface area contributed by atoms with Crippen LogP contribution in [-0.4, -0.2) is 42.1 Å². The molecule has 4 nitrogen and oxygen atoms in total. The van der Waals surface area contributed by atoms with Crippen LogP contribution in [-0.2, 0) is 9.53 Å². The van der Waals surface area contributed by atoms with Crippen molar-refractivity contribution in [3.05, 3.63) is 0 Å². The Morgan fingerprint density at radius 2 is 2.19 bits per heavy atom. The van der Waals surface area contributed by atoms with Gasteiger partial charge in [-0.3, -0.25) is 4.79 Å². The third kappa shape index (κ3) is 2.38. The number of rotatable bonds is 2. The molecule has 4 atom stereocenters. The Kier molecular flexibility index (Phi) is 3.50. The van der Waals surface area contributed by atoms with Gasteiger partial charge in [0.1, 0.15) is 6.10 Å². The first-order valence-corrected chi connectivity index (χ1v) is 6.27. The number of amides is 1. The van der Waals surface area contributed by atoms with Gasteiger partial charge in [-0.05, 0) is 39.0 Å². The zero-order valence-electron chi connectivity index (χ0n) is 10.2. The fourth-order valence-electron chi connectivity index (χ4n) is 2.60. The topological polar surface area (TPSA) is 55.6 Å². The maximum absolute atomic E-state index is 12.1. The first-order valence-electron chi connectivity index (χ1n) is 6.27. The van der Waals surface area contributed by atoms with Crippen molar-refractivity contribution in [2.45, 2.75) is 51.4 Å². The van der Waals surface area contributed by atoms with Crippen molar-refractivity contribution >= 4 is 5.91 Å². The average molecular weight is 226 g/mol. The Bertz CT molecular complexity index is 268. The first-order chi connectivity index (χ1) is 7.58. The number of ether oxygens (including phenoxy) is 1. The number of carbonyl (C=O) groups is 1. The Hall–Kier alpha value is -0.610. The summed E-state index contributed by atoms with van der Waals surface area (Å²) in [5.74, 6) is 0.635. The fraction of sp³-hybridized carbons (Fsp3) is 0.917. The van der Waals surface area contributed by atoms with E-state index in [1.54, 1.807) is 0 Å².